The first-order valence-corrected chi connectivity index (χ1v) is 9.39. The molecule has 0 unspecified atom stereocenters. The number of rotatable bonds is 4. The highest BCUT2D eigenvalue weighted by atomic mass is 35.5. The average Bonchev–Trinajstić information content (AvgIpc) is 2.74. The number of halogens is 1. The van der Waals surface area contributed by atoms with Gasteiger partial charge in [0, 0.05) is 10.7 Å². The Morgan fingerprint density at radius 3 is 2.47 bits per heavy atom. The summed E-state index contributed by atoms with van der Waals surface area (Å²) in [5, 5.41) is 16.2. The Hall–Kier alpha value is -3.83. The summed E-state index contributed by atoms with van der Waals surface area (Å²) in [7, 11) is 1.57. The lowest BCUT2D eigenvalue weighted by Gasteiger charge is -2.29. The Bertz CT molecular complexity index is 1200. The van der Waals surface area contributed by atoms with Crippen LogP contribution in [0.25, 0.3) is 0 Å². The number of carbonyl (C=O) groups is 1. The summed E-state index contributed by atoms with van der Waals surface area (Å²) in [4.78, 5) is 32.4. The van der Waals surface area contributed by atoms with E-state index in [-0.39, 0.29) is 17.3 Å². The summed E-state index contributed by atoms with van der Waals surface area (Å²) >= 11 is 5.94. The van der Waals surface area contributed by atoms with Crippen LogP contribution in [0.3, 0.4) is 0 Å². The molecule has 2 heterocycles. The zero-order valence-electron chi connectivity index (χ0n) is 15.8. The van der Waals surface area contributed by atoms with Crippen LogP contribution < -0.4 is 20.9 Å². The van der Waals surface area contributed by atoms with E-state index >= 15 is 0 Å². The number of ketones is 1. The first kappa shape index (κ1) is 19.5. The van der Waals surface area contributed by atoms with Gasteiger partial charge in [-0.3, -0.25) is 14.6 Å². The highest BCUT2D eigenvalue weighted by molar-refractivity contribution is 6.30. The molecule has 4 rings (SSSR count). The van der Waals surface area contributed by atoms with Crippen molar-refractivity contribution in [3.05, 3.63) is 75.0 Å². The van der Waals surface area contributed by atoms with Gasteiger partial charge in [-0.05, 0) is 42.0 Å². The molecule has 1 aliphatic rings. The lowest BCUT2D eigenvalue weighted by molar-refractivity contribution is 0.0930. The molecule has 0 bridgehead atoms. The van der Waals surface area contributed by atoms with Crippen molar-refractivity contribution in [2.45, 2.75) is 6.04 Å². The molecule has 0 amide bonds. The summed E-state index contributed by atoms with van der Waals surface area (Å²) in [5.41, 5.74) is 0.581. The van der Waals surface area contributed by atoms with E-state index < -0.39 is 23.3 Å². The molecule has 2 atom stereocenters. The Morgan fingerprint density at radius 1 is 1.13 bits per heavy atom. The predicted octanol–water partition coefficient (Wildman–Crippen LogP) is 3.66. The third-order valence-electron chi connectivity index (χ3n) is 4.79. The van der Waals surface area contributed by atoms with E-state index in [0.717, 1.165) is 0 Å². The van der Waals surface area contributed by atoms with Crippen molar-refractivity contribution in [3.63, 3.8) is 0 Å². The van der Waals surface area contributed by atoms with Gasteiger partial charge in [0.2, 0.25) is 5.95 Å². The molecule has 0 aliphatic carbocycles. The summed E-state index contributed by atoms with van der Waals surface area (Å²) in [6.45, 7) is 0. The maximum Gasteiger partial charge on any atom is 0.265 e. The van der Waals surface area contributed by atoms with Gasteiger partial charge in [0.1, 0.15) is 23.0 Å². The molecular formula is C21H16ClN5O3. The number of H-pyrrole nitrogens is 1. The number of methoxy groups -OCH3 is 1. The molecule has 0 saturated heterocycles. The minimum atomic E-state index is -1.07. The second-order valence-corrected chi connectivity index (χ2v) is 7.07. The molecule has 1 aromatic heterocycles. The molecule has 0 saturated carbocycles. The molecule has 9 heteroatoms. The van der Waals surface area contributed by atoms with Crippen molar-refractivity contribution < 1.29 is 9.53 Å². The summed E-state index contributed by atoms with van der Waals surface area (Å²) < 4.78 is 5.12. The molecular weight excluding hydrogens is 406 g/mol. The van der Waals surface area contributed by atoms with Crippen LogP contribution in [0.1, 0.15) is 22.0 Å². The molecule has 0 fully saturated rings. The van der Waals surface area contributed by atoms with E-state index in [1.807, 2.05) is 6.07 Å². The van der Waals surface area contributed by atoms with Crippen molar-refractivity contribution in [2.24, 2.45) is 5.92 Å². The van der Waals surface area contributed by atoms with Crippen LogP contribution in [0.4, 0.5) is 17.5 Å². The molecule has 1 aliphatic heterocycles. The molecule has 2 aromatic carbocycles. The molecule has 30 heavy (non-hydrogen) atoms. The van der Waals surface area contributed by atoms with E-state index in [4.69, 9.17) is 16.3 Å². The van der Waals surface area contributed by atoms with Crippen LogP contribution in [0.2, 0.25) is 5.02 Å². The highest BCUT2D eigenvalue weighted by Crippen LogP contribution is 2.35. The number of nitriles is 1. The monoisotopic (exact) mass is 421 g/mol. The van der Waals surface area contributed by atoms with Crippen LogP contribution in [0.15, 0.2) is 53.3 Å². The number of fused-ring (bicyclic) bond motifs is 1. The highest BCUT2D eigenvalue weighted by Gasteiger charge is 2.39. The maximum absolute atomic E-state index is 12.9. The van der Waals surface area contributed by atoms with Crippen LogP contribution in [0, 0.1) is 17.2 Å². The number of anilines is 3. The average molecular weight is 422 g/mol. The van der Waals surface area contributed by atoms with E-state index in [9.17, 15) is 14.9 Å². The van der Waals surface area contributed by atoms with Gasteiger partial charge >= 0.3 is 0 Å². The van der Waals surface area contributed by atoms with Crippen LogP contribution in [-0.4, -0.2) is 22.9 Å². The predicted molar refractivity (Wildman–Crippen MR) is 112 cm³/mol. The van der Waals surface area contributed by atoms with Gasteiger partial charge in [-0.2, -0.15) is 10.2 Å². The zero-order valence-corrected chi connectivity index (χ0v) is 16.5. The van der Waals surface area contributed by atoms with E-state index in [0.29, 0.717) is 22.0 Å². The third kappa shape index (κ3) is 3.58. The number of Topliss-reactive ketones (excluding diaryl/α,β-unsaturated/α-hetero) is 1. The van der Waals surface area contributed by atoms with Gasteiger partial charge in [-0.25, -0.2) is 0 Å². The number of hydrogen-bond acceptors (Lipinski definition) is 7. The number of aromatic amines is 1. The number of aromatic nitrogens is 2. The molecule has 0 spiro atoms. The number of hydrogen-bond donors (Lipinski definition) is 3. The number of carbonyl (C=O) groups excluding carboxylic acids is 1. The van der Waals surface area contributed by atoms with Crippen molar-refractivity contribution in [3.8, 4) is 11.8 Å². The number of nitrogens with zero attached hydrogens (tertiary/aromatic N) is 2. The van der Waals surface area contributed by atoms with Crippen LogP contribution in [-0.2, 0) is 0 Å². The van der Waals surface area contributed by atoms with Gasteiger partial charge in [0.05, 0.1) is 19.2 Å². The molecule has 3 aromatic rings. The SMILES string of the molecule is COc1ccc(Nc2nc3c(c(=O)[nH]2)C(=O)[C@@H](C#N)[C@@H](c2ccc(Cl)cc2)N3)cc1. The quantitative estimate of drug-likeness (QED) is 0.587. The summed E-state index contributed by atoms with van der Waals surface area (Å²) in [6.07, 6.45) is 0. The van der Waals surface area contributed by atoms with Gasteiger partial charge in [-0.1, -0.05) is 23.7 Å². The fourth-order valence-corrected chi connectivity index (χ4v) is 3.42. The molecule has 0 radical (unpaired) electrons. The minimum Gasteiger partial charge on any atom is -0.497 e. The Balaban J connectivity index is 1.71. The van der Waals surface area contributed by atoms with E-state index in [2.05, 4.69) is 20.6 Å². The standard InChI is InChI=1S/C21H16ClN5O3/c1-30-14-8-6-13(7-9-14)24-21-26-19-16(20(29)27-21)18(28)15(10-23)17(25-19)11-2-4-12(22)5-3-11/h2-9,15,17H,1H3,(H3,24,25,26,27,29)/t15-,17+/m0/s1. The lowest BCUT2D eigenvalue weighted by Crippen LogP contribution is -2.37. The largest absolute Gasteiger partial charge is 0.497 e. The first-order valence-electron chi connectivity index (χ1n) is 9.01. The van der Waals surface area contributed by atoms with E-state index in [1.165, 1.54) is 0 Å². The van der Waals surface area contributed by atoms with Gasteiger partial charge in [0.25, 0.3) is 5.56 Å². The van der Waals surface area contributed by atoms with Crippen molar-refractivity contribution in [2.75, 3.05) is 17.7 Å². The Morgan fingerprint density at radius 2 is 1.83 bits per heavy atom. The van der Waals surface area contributed by atoms with Gasteiger partial charge < -0.3 is 15.4 Å². The lowest BCUT2D eigenvalue weighted by atomic mass is 9.85. The fourth-order valence-electron chi connectivity index (χ4n) is 3.29. The summed E-state index contributed by atoms with van der Waals surface area (Å²) in [5.74, 6) is -0.674. The Kier molecular flexibility index (Phi) is 5.12. The zero-order chi connectivity index (χ0) is 21.3. The molecule has 3 N–H and O–H groups in total. The van der Waals surface area contributed by atoms with Crippen LogP contribution in [0.5, 0.6) is 5.75 Å². The first-order chi connectivity index (χ1) is 14.5. The van der Waals surface area contributed by atoms with Crippen LogP contribution >= 0.6 is 11.6 Å². The number of ether oxygens (including phenoxy) is 1. The minimum absolute atomic E-state index is 0.117. The third-order valence-corrected chi connectivity index (χ3v) is 5.05. The van der Waals surface area contributed by atoms with Crippen molar-refractivity contribution in [1.82, 2.24) is 9.97 Å². The van der Waals surface area contributed by atoms with Gasteiger partial charge in [-0.15, -0.1) is 0 Å². The molecule has 150 valence electrons. The van der Waals surface area contributed by atoms with Crippen molar-refractivity contribution in [1.29, 1.82) is 5.26 Å². The van der Waals surface area contributed by atoms with Gasteiger partial charge in [0.15, 0.2) is 5.78 Å². The number of nitrogens with one attached hydrogen (secondary N) is 3. The fraction of sp³-hybridized carbons (Fsp3) is 0.143. The normalized spacial score (nSPS) is 17.4. The van der Waals surface area contributed by atoms with Crippen molar-refractivity contribution >= 4 is 34.8 Å². The molecule has 8 nitrogen and oxygen atoms in total. The summed E-state index contributed by atoms with van der Waals surface area (Å²) in [6, 6.07) is 15.2. The topological polar surface area (TPSA) is 120 Å². The van der Waals surface area contributed by atoms with E-state index in [1.54, 1.807) is 55.6 Å². The second-order valence-electron chi connectivity index (χ2n) is 6.64. The Labute approximate surface area is 176 Å². The second kappa shape index (κ2) is 7.89. The smallest absolute Gasteiger partial charge is 0.265 e. The maximum atomic E-state index is 12.9. The number of benzene rings is 2.